The van der Waals surface area contributed by atoms with E-state index in [0.29, 0.717) is 6.42 Å². The first-order chi connectivity index (χ1) is 7.24. The highest BCUT2D eigenvalue weighted by molar-refractivity contribution is 7.99. The number of thioether (sulfide) groups is 1. The standard InChI is InChI=1S/C11H12O3S/c12-8-1-4-10(5-2-8)15-7-9-3-6-11(13)14-9/h1-2,4-5,9,12H,3,6-7H2. The normalized spacial score (nSPS) is 20.3. The van der Waals surface area contributed by atoms with Crippen LogP contribution in [0.1, 0.15) is 12.8 Å². The third kappa shape index (κ3) is 2.89. The van der Waals surface area contributed by atoms with Crippen molar-refractivity contribution in [3.8, 4) is 5.75 Å². The van der Waals surface area contributed by atoms with Crippen LogP contribution in [0.25, 0.3) is 0 Å². The van der Waals surface area contributed by atoms with Gasteiger partial charge in [-0.25, -0.2) is 0 Å². The lowest BCUT2D eigenvalue weighted by Gasteiger charge is -2.08. The van der Waals surface area contributed by atoms with E-state index in [1.807, 2.05) is 12.1 Å². The molecule has 3 nitrogen and oxygen atoms in total. The van der Waals surface area contributed by atoms with Crippen LogP contribution < -0.4 is 0 Å². The second-order valence-electron chi connectivity index (χ2n) is 3.46. The molecule has 0 saturated carbocycles. The highest BCUT2D eigenvalue weighted by atomic mass is 32.2. The molecule has 0 amide bonds. The Kier molecular flexibility index (Phi) is 3.16. The van der Waals surface area contributed by atoms with E-state index in [9.17, 15) is 4.79 Å². The average Bonchev–Trinajstić information content (AvgIpc) is 2.64. The predicted molar refractivity (Wildman–Crippen MR) is 57.9 cm³/mol. The number of phenolic OH excluding ortho intramolecular Hbond substituents is 1. The molecule has 1 aliphatic heterocycles. The SMILES string of the molecule is O=C1CCC(CSc2ccc(O)cc2)O1. The van der Waals surface area contributed by atoms with Crippen LogP contribution in [0, 0.1) is 0 Å². The Morgan fingerprint density at radius 2 is 2.13 bits per heavy atom. The van der Waals surface area contributed by atoms with Crippen molar-refractivity contribution in [1.29, 1.82) is 0 Å². The number of benzene rings is 1. The molecule has 1 aliphatic rings. The molecule has 1 atom stereocenters. The maximum Gasteiger partial charge on any atom is 0.306 e. The largest absolute Gasteiger partial charge is 0.508 e. The number of carbonyl (C=O) groups excluding carboxylic acids is 1. The number of aromatic hydroxyl groups is 1. The molecule has 2 rings (SSSR count). The maximum atomic E-state index is 10.8. The van der Waals surface area contributed by atoms with Crippen LogP contribution in [0.15, 0.2) is 29.2 Å². The first-order valence-electron chi connectivity index (χ1n) is 4.85. The van der Waals surface area contributed by atoms with Gasteiger partial charge in [0.1, 0.15) is 11.9 Å². The summed E-state index contributed by atoms with van der Waals surface area (Å²) in [7, 11) is 0. The van der Waals surface area contributed by atoms with E-state index in [1.165, 1.54) is 0 Å². The summed E-state index contributed by atoms with van der Waals surface area (Å²) in [6.07, 6.45) is 1.42. The number of carbonyl (C=O) groups is 1. The smallest absolute Gasteiger partial charge is 0.306 e. The van der Waals surface area contributed by atoms with Crippen LogP contribution in [0.2, 0.25) is 0 Å². The van der Waals surface area contributed by atoms with Crippen molar-refractivity contribution in [1.82, 2.24) is 0 Å². The first-order valence-corrected chi connectivity index (χ1v) is 5.84. The number of phenols is 1. The zero-order valence-corrected chi connectivity index (χ0v) is 9.00. The Morgan fingerprint density at radius 3 is 2.73 bits per heavy atom. The second kappa shape index (κ2) is 4.57. The Balaban J connectivity index is 1.83. The van der Waals surface area contributed by atoms with Crippen LogP contribution in [0.3, 0.4) is 0 Å². The van der Waals surface area contributed by atoms with E-state index in [1.54, 1.807) is 23.9 Å². The molecule has 0 bridgehead atoms. The van der Waals surface area contributed by atoms with E-state index in [2.05, 4.69) is 0 Å². The third-order valence-corrected chi connectivity index (χ3v) is 3.39. The molecule has 15 heavy (non-hydrogen) atoms. The average molecular weight is 224 g/mol. The van der Waals surface area contributed by atoms with Crippen molar-refractivity contribution in [2.45, 2.75) is 23.8 Å². The highest BCUT2D eigenvalue weighted by Crippen LogP contribution is 2.25. The van der Waals surface area contributed by atoms with Crippen molar-refractivity contribution in [3.05, 3.63) is 24.3 Å². The van der Waals surface area contributed by atoms with Gasteiger partial charge in [0.05, 0.1) is 0 Å². The number of cyclic esters (lactones) is 1. The van der Waals surface area contributed by atoms with Crippen LogP contribution in [-0.4, -0.2) is 22.9 Å². The molecule has 0 aromatic heterocycles. The van der Waals surface area contributed by atoms with E-state index < -0.39 is 0 Å². The molecular weight excluding hydrogens is 212 g/mol. The lowest BCUT2D eigenvalue weighted by Crippen LogP contribution is -2.09. The molecule has 1 aromatic rings. The molecule has 0 spiro atoms. The van der Waals surface area contributed by atoms with Gasteiger partial charge in [-0.05, 0) is 30.7 Å². The van der Waals surface area contributed by atoms with Crippen LogP contribution >= 0.6 is 11.8 Å². The maximum absolute atomic E-state index is 10.8. The first kappa shape index (κ1) is 10.4. The number of ether oxygens (including phenoxy) is 1. The number of rotatable bonds is 3. The number of esters is 1. The Bertz CT molecular complexity index is 347. The summed E-state index contributed by atoms with van der Waals surface area (Å²) in [5, 5.41) is 9.09. The Hall–Kier alpha value is -1.16. The molecule has 4 heteroatoms. The van der Waals surface area contributed by atoms with Gasteiger partial charge in [-0.2, -0.15) is 0 Å². The summed E-state index contributed by atoms with van der Waals surface area (Å²) in [5.74, 6) is 0.967. The van der Waals surface area contributed by atoms with Crippen LogP contribution in [-0.2, 0) is 9.53 Å². The Labute approximate surface area is 92.4 Å². The molecule has 1 saturated heterocycles. The van der Waals surface area contributed by atoms with E-state index in [-0.39, 0.29) is 17.8 Å². The van der Waals surface area contributed by atoms with Crippen molar-refractivity contribution in [2.75, 3.05) is 5.75 Å². The quantitative estimate of drug-likeness (QED) is 0.631. The summed E-state index contributed by atoms with van der Waals surface area (Å²) in [4.78, 5) is 11.9. The van der Waals surface area contributed by atoms with Crippen molar-refractivity contribution in [2.24, 2.45) is 0 Å². The van der Waals surface area contributed by atoms with Gasteiger partial charge in [-0.3, -0.25) is 4.79 Å². The highest BCUT2D eigenvalue weighted by Gasteiger charge is 2.22. The second-order valence-corrected chi connectivity index (χ2v) is 4.55. The van der Waals surface area contributed by atoms with Crippen LogP contribution in [0.4, 0.5) is 0 Å². The molecule has 1 heterocycles. The number of hydrogen-bond acceptors (Lipinski definition) is 4. The van der Waals surface area contributed by atoms with Gasteiger partial charge in [-0.1, -0.05) is 0 Å². The van der Waals surface area contributed by atoms with Crippen molar-refractivity contribution >= 4 is 17.7 Å². The summed E-state index contributed by atoms with van der Waals surface area (Å²) in [6, 6.07) is 7.03. The van der Waals surface area contributed by atoms with E-state index in [0.717, 1.165) is 17.1 Å². The van der Waals surface area contributed by atoms with Crippen molar-refractivity contribution < 1.29 is 14.6 Å². The lowest BCUT2D eigenvalue weighted by molar-refractivity contribution is -0.140. The van der Waals surface area contributed by atoms with Crippen molar-refractivity contribution in [3.63, 3.8) is 0 Å². The number of hydrogen-bond donors (Lipinski definition) is 1. The molecule has 80 valence electrons. The molecule has 1 aromatic carbocycles. The van der Waals surface area contributed by atoms with Gasteiger partial charge in [0.2, 0.25) is 0 Å². The van der Waals surface area contributed by atoms with Gasteiger partial charge in [-0.15, -0.1) is 11.8 Å². The summed E-state index contributed by atoms with van der Waals surface area (Å²) >= 11 is 1.64. The fourth-order valence-corrected chi connectivity index (χ4v) is 2.37. The topological polar surface area (TPSA) is 46.5 Å². The van der Waals surface area contributed by atoms with Gasteiger partial charge >= 0.3 is 5.97 Å². The lowest BCUT2D eigenvalue weighted by atomic mass is 10.3. The van der Waals surface area contributed by atoms with Gasteiger partial charge in [0, 0.05) is 17.1 Å². The van der Waals surface area contributed by atoms with Gasteiger partial charge < -0.3 is 9.84 Å². The molecule has 0 radical (unpaired) electrons. The van der Waals surface area contributed by atoms with Gasteiger partial charge in [0.15, 0.2) is 0 Å². The fourth-order valence-electron chi connectivity index (χ4n) is 1.43. The van der Waals surface area contributed by atoms with E-state index >= 15 is 0 Å². The molecule has 1 unspecified atom stereocenters. The molecular formula is C11H12O3S. The molecule has 0 aliphatic carbocycles. The fraction of sp³-hybridized carbons (Fsp3) is 0.364. The zero-order chi connectivity index (χ0) is 10.7. The van der Waals surface area contributed by atoms with Crippen LogP contribution in [0.5, 0.6) is 5.75 Å². The van der Waals surface area contributed by atoms with Gasteiger partial charge in [0.25, 0.3) is 0 Å². The zero-order valence-electron chi connectivity index (χ0n) is 8.18. The molecule has 1 fully saturated rings. The predicted octanol–water partition coefficient (Wildman–Crippen LogP) is 2.19. The summed E-state index contributed by atoms with van der Waals surface area (Å²) in [6.45, 7) is 0. The summed E-state index contributed by atoms with van der Waals surface area (Å²) < 4.78 is 5.10. The molecule has 1 N–H and O–H groups in total. The Morgan fingerprint density at radius 1 is 1.40 bits per heavy atom. The monoisotopic (exact) mass is 224 g/mol. The van der Waals surface area contributed by atoms with E-state index in [4.69, 9.17) is 9.84 Å². The third-order valence-electron chi connectivity index (χ3n) is 2.24. The minimum absolute atomic E-state index is 0.0521. The summed E-state index contributed by atoms with van der Waals surface area (Å²) in [5.41, 5.74) is 0. The minimum atomic E-state index is -0.0914. The minimum Gasteiger partial charge on any atom is -0.508 e.